The summed E-state index contributed by atoms with van der Waals surface area (Å²) in [6.07, 6.45) is 0. The van der Waals surface area contributed by atoms with Crippen LogP contribution in [-0.2, 0) is 5.41 Å². The van der Waals surface area contributed by atoms with Gasteiger partial charge < -0.3 is 0 Å². The molecule has 1 unspecified atom stereocenters. The largest absolute Gasteiger partial charge is 0.0720 e. The fourth-order valence-electron chi connectivity index (χ4n) is 7.05. The normalized spacial score (nSPS) is 16.1. The zero-order valence-corrected chi connectivity index (χ0v) is 22.8. The van der Waals surface area contributed by atoms with Crippen molar-refractivity contribution in [3.8, 4) is 11.1 Å². The van der Waals surface area contributed by atoms with Gasteiger partial charge in [-0.25, -0.2) is 0 Å². The third kappa shape index (κ3) is 2.86. The Morgan fingerprint density at radius 1 is 0.421 bits per heavy atom. The zero-order chi connectivity index (χ0) is 26.2. The molecule has 38 heavy (non-hydrogen) atoms. The van der Waals surface area contributed by atoms with Crippen LogP contribution in [0.25, 0.3) is 32.7 Å². The van der Waals surface area contributed by atoms with E-state index in [0.29, 0.717) is 0 Å². The van der Waals surface area contributed by atoms with Gasteiger partial charge in [0, 0.05) is 0 Å². The van der Waals surface area contributed by atoms with E-state index in [2.05, 4.69) is 138 Å². The summed E-state index contributed by atoms with van der Waals surface area (Å²) in [5, 5.41) is 5.34. The highest BCUT2D eigenvalue weighted by Crippen LogP contribution is 2.61. The van der Waals surface area contributed by atoms with Gasteiger partial charge in [-0.05, 0) is 117 Å². The van der Waals surface area contributed by atoms with E-state index >= 15 is 0 Å². The van der Waals surface area contributed by atoms with Crippen LogP contribution >= 0.6 is 0 Å². The van der Waals surface area contributed by atoms with Crippen LogP contribution in [0, 0.1) is 34.6 Å². The number of rotatable bonds is 2. The predicted molar refractivity (Wildman–Crippen MR) is 162 cm³/mol. The number of fused-ring (bicyclic) bond motifs is 8. The van der Waals surface area contributed by atoms with E-state index in [1.54, 1.807) is 0 Å². The van der Waals surface area contributed by atoms with Crippen molar-refractivity contribution in [1.82, 2.24) is 0 Å². The van der Waals surface area contributed by atoms with Gasteiger partial charge >= 0.3 is 0 Å². The van der Waals surface area contributed by atoms with E-state index in [1.807, 2.05) is 0 Å². The molecule has 1 aliphatic carbocycles. The maximum Gasteiger partial charge on any atom is 0.0720 e. The van der Waals surface area contributed by atoms with Crippen molar-refractivity contribution >= 4 is 21.5 Å². The summed E-state index contributed by atoms with van der Waals surface area (Å²) in [5.74, 6) is 0. The van der Waals surface area contributed by atoms with Crippen LogP contribution in [0.15, 0.2) is 103 Å². The Morgan fingerprint density at radius 3 is 1.71 bits per heavy atom. The number of hydrogen-bond donors (Lipinski definition) is 0. The predicted octanol–water partition coefficient (Wildman–Crippen LogP) is 9.90. The first-order valence-corrected chi connectivity index (χ1v) is 13.6. The minimum absolute atomic E-state index is 0.419. The molecule has 0 fully saturated rings. The van der Waals surface area contributed by atoms with Gasteiger partial charge in [0.15, 0.2) is 0 Å². The maximum atomic E-state index is 2.49. The molecular formula is C38H32. The van der Waals surface area contributed by atoms with Gasteiger partial charge in [-0.2, -0.15) is 0 Å². The molecule has 0 radical (unpaired) electrons. The van der Waals surface area contributed by atoms with Crippen molar-refractivity contribution < 1.29 is 0 Å². The van der Waals surface area contributed by atoms with Crippen molar-refractivity contribution in [2.45, 2.75) is 40.0 Å². The molecule has 0 aromatic heterocycles. The van der Waals surface area contributed by atoms with Crippen LogP contribution in [0.5, 0.6) is 0 Å². The molecule has 0 saturated carbocycles. The van der Waals surface area contributed by atoms with Crippen LogP contribution < -0.4 is 0 Å². The molecule has 0 amide bonds. The zero-order valence-electron chi connectivity index (χ0n) is 22.8. The first kappa shape index (κ1) is 23.0. The van der Waals surface area contributed by atoms with E-state index in [0.717, 1.165) is 0 Å². The first-order valence-electron chi connectivity index (χ1n) is 13.6. The fraction of sp³-hybridized carbons (Fsp3) is 0.158. The molecule has 0 N–H and O–H groups in total. The smallest absolute Gasteiger partial charge is 0.0622 e. The molecule has 6 aromatic rings. The van der Waals surface area contributed by atoms with Crippen LogP contribution in [0.2, 0.25) is 0 Å². The summed E-state index contributed by atoms with van der Waals surface area (Å²) < 4.78 is 0. The van der Waals surface area contributed by atoms with Crippen molar-refractivity contribution in [3.63, 3.8) is 0 Å². The highest BCUT2D eigenvalue weighted by molar-refractivity contribution is 6.19. The maximum absolute atomic E-state index is 2.49. The van der Waals surface area contributed by atoms with Gasteiger partial charge in [-0.15, -0.1) is 0 Å². The molecule has 0 saturated heterocycles. The van der Waals surface area contributed by atoms with Crippen LogP contribution in [0.3, 0.4) is 0 Å². The second-order valence-electron chi connectivity index (χ2n) is 11.1. The van der Waals surface area contributed by atoms with Gasteiger partial charge in [0.1, 0.15) is 0 Å². The summed E-state index contributed by atoms with van der Waals surface area (Å²) in [6, 6.07) is 38.9. The Hall–Kier alpha value is -4.16. The van der Waals surface area contributed by atoms with Crippen LogP contribution in [0.4, 0.5) is 0 Å². The third-order valence-corrected chi connectivity index (χ3v) is 9.27. The minimum Gasteiger partial charge on any atom is -0.0622 e. The molecule has 0 nitrogen and oxygen atoms in total. The molecule has 0 spiro atoms. The van der Waals surface area contributed by atoms with Gasteiger partial charge in [-0.3, -0.25) is 0 Å². The molecule has 1 atom stereocenters. The average Bonchev–Trinajstić information content (AvgIpc) is 3.26. The molecule has 0 bridgehead atoms. The van der Waals surface area contributed by atoms with E-state index in [1.165, 1.54) is 82.7 Å². The van der Waals surface area contributed by atoms with Crippen molar-refractivity contribution in [2.75, 3.05) is 0 Å². The SMILES string of the molecule is Cc1ccc(C2(c3ccccc3)c3cc(C)c(C)c(C)c3-c3c2c2ccccc2c2ccccc32)cc1C. The third-order valence-electron chi connectivity index (χ3n) is 9.27. The fourth-order valence-corrected chi connectivity index (χ4v) is 7.05. The lowest BCUT2D eigenvalue weighted by Crippen LogP contribution is -2.29. The summed E-state index contributed by atoms with van der Waals surface area (Å²) in [6.45, 7) is 11.4. The Bertz CT molecular complexity index is 1910. The molecule has 6 aromatic carbocycles. The molecule has 0 heteroatoms. The van der Waals surface area contributed by atoms with Gasteiger partial charge in [0.2, 0.25) is 0 Å². The van der Waals surface area contributed by atoms with Crippen molar-refractivity contribution in [2.24, 2.45) is 0 Å². The van der Waals surface area contributed by atoms with Gasteiger partial charge in [-0.1, -0.05) is 103 Å². The Labute approximate surface area is 225 Å². The molecule has 0 aliphatic heterocycles. The molecule has 184 valence electrons. The van der Waals surface area contributed by atoms with E-state index in [9.17, 15) is 0 Å². The molecular weight excluding hydrogens is 456 g/mol. The lowest BCUT2D eigenvalue weighted by molar-refractivity contribution is 0.772. The second-order valence-corrected chi connectivity index (χ2v) is 11.1. The number of aryl methyl sites for hydroxylation is 3. The summed E-state index contributed by atoms with van der Waals surface area (Å²) in [7, 11) is 0. The van der Waals surface area contributed by atoms with Gasteiger partial charge in [0.05, 0.1) is 5.41 Å². The number of benzene rings is 6. The van der Waals surface area contributed by atoms with Crippen LogP contribution in [0.1, 0.15) is 50.1 Å². The molecule has 1 aliphatic rings. The molecule has 0 heterocycles. The first-order chi connectivity index (χ1) is 18.4. The van der Waals surface area contributed by atoms with E-state index < -0.39 is 5.41 Å². The quantitative estimate of drug-likeness (QED) is 0.212. The lowest BCUT2D eigenvalue weighted by Gasteiger charge is -2.35. The summed E-state index contributed by atoms with van der Waals surface area (Å²) in [5.41, 5.74) is 14.7. The highest BCUT2D eigenvalue weighted by Gasteiger charge is 2.49. The topological polar surface area (TPSA) is 0 Å². The second kappa shape index (κ2) is 8.17. The van der Waals surface area contributed by atoms with Gasteiger partial charge in [0.25, 0.3) is 0 Å². The molecule has 7 rings (SSSR count). The van der Waals surface area contributed by atoms with E-state index in [-0.39, 0.29) is 0 Å². The Morgan fingerprint density at radius 2 is 1.03 bits per heavy atom. The minimum atomic E-state index is -0.419. The van der Waals surface area contributed by atoms with Crippen molar-refractivity contribution in [1.29, 1.82) is 0 Å². The number of hydrogen-bond acceptors (Lipinski definition) is 0. The van der Waals surface area contributed by atoms with Crippen LogP contribution in [-0.4, -0.2) is 0 Å². The van der Waals surface area contributed by atoms with E-state index in [4.69, 9.17) is 0 Å². The monoisotopic (exact) mass is 488 g/mol. The van der Waals surface area contributed by atoms with Crippen molar-refractivity contribution in [3.05, 3.63) is 153 Å². The summed E-state index contributed by atoms with van der Waals surface area (Å²) in [4.78, 5) is 0. The Kier molecular flexibility index (Phi) is 4.94. The lowest BCUT2D eigenvalue weighted by atomic mass is 9.65. The summed E-state index contributed by atoms with van der Waals surface area (Å²) >= 11 is 0. The Balaban J connectivity index is 1.84. The standard InChI is InChI=1S/C38H32/c1-23-19-20-29(21-24(23)2)38(28-13-7-6-8-14-28)34-22-25(3)26(4)27(5)35(34)36-32-17-11-9-15-30(32)31-16-10-12-18-33(31)37(36)38/h6-22H,1-5H3. The highest BCUT2D eigenvalue weighted by atomic mass is 14.5. The average molecular weight is 489 g/mol.